The number of hydrogen-bond acceptors (Lipinski definition) is 4. The molecule has 0 spiro atoms. The highest BCUT2D eigenvalue weighted by Crippen LogP contribution is 2.33. The molecule has 0 aliphatic carbocycles. The second-order valence-electron chi connectivity index (χ2n) is 7.97. The number of piperidine rings is 1. The third-order valence-electron chi connectivity index (χ3n) is 5.68. The average molecular weight is 454 g/mol. The molecular formula is C24H28ClN5O2. The third-order valence-corrected chi connectivity index (χ3v) is 5.93. The number of anilines is 2. The van der Waals surface area contributed by atoms with Gasteiger partial charge < -0.3 is 20.7 Å². The number of benzene rings is 2. The number of urea groups is 1. The minimum Gasteiger partial charge on any atom is -0.493 e. The van der Waals surface area contributed by atoms with Crippen LogP contribution in [-0.4, -0.2) is 35.5 Å². The van der Waals surface area contributed by atoms with Crippen molar-refractivity contribution in [3.8, 4) is 17.0 Å². The maximum atomic E-state index is 12.5. The van der Waals surface area contributed by atoms with Crippen LogP contribution >= 0.6 is 11.6 Å². The maximum absolute atomic E-state index is 12.5. The van der Waals surface area contributed by atoms with Crippen molar-refractivity contribution in [2.45, 2.75) is 19.3 Å². The predicted molar refractivity (Wildman–Crippen MR) is 128 cm³/mol. The SMILES string of the molecule is Cn1nccc1-c1cc(NC(=O)Nc2ccc(Cl)cc2)ccc1OCCC1CCNCC1. The molecule has 4 rings (SSSR count). The smallest absolute Gasteiger partial charge is 0.323 e. The van der Waals surface area contributed by atoms with Crippen LogP contribution < -0.4 is 20.7 Å². The van der Waals surface area contributed by atoms with Crippen molar-refractivity contribution in [2.75, 3.05) is 30.3 Å². The van der Waals surface area contributed by atoms with E-state index in [4.69, 9.17) is 16.3 Å². The van der Waals surface area contributed by atoms with Gasteiger partial charge in [0.05, 0.1) is 12.3 Å². The molecule has 0 saturated carbocycles. The number of nitrogens with zero attached hydrogens (tertiary/aromatic N) is 2. The fraction of sp³-hybridized carbons (Fsp3) is 0.333. The van der Waals surface area contributed by atoms with Crippen LogP contribution in [0.25, 0.3) is 11.3 Å². The van der Waals surface area contributed by atoms with E-state index in [-0.39, 0.29) is 6.03 Å². The summed E-state index contributed by atoms with van der Waals surface area (Å²) in [6.07, 6.45) is 5.19. The highest BCUT2D eigenvalue weighted by atomic mass is 35.5. The molecule has 1 aliphatic heterocycles. The van der Waals surface area contributed by atoms with Gasteiger partial charge in [-0.05, 0) is 86.8 Å². The number of aromatic nitrogens is 2. The molecule has 2 aromatic carbocycles. The van der Waals surface area contributed by atoms with Crippen molar-refractivity contribution >= 4 is 29.0 Å². The Labute approximate surface area is 193 Å². The van der Waals surface area contributed by atoms with Crippen LogP contribution in [0.5, 0.6) is 5.75 Å². The Kier molecular flexibility index (Phi) is 7.29. The Morgan fingerprint density at radius 2 is 1.84 bits per heavy atom. The summed E-state index contributed by atoms with van der Waals surface area (Å²) in [5.74, 6) is 1.49. The number of aryl methyl sites for hydroxylation is 1. The van der Waals surface area contributed by atoms with Gasteiger partial charge in [-0.3, -0.25) is 4.68 Å². The average Bonchev–Trinajstić information content (AvgIpc) is 3.22. The molecule has 0 bridgehead atoms. The molecule has 0 atom stereocenters. The monoisotopic (exact) mass is 453 g/mol. The summed E-state index contributed by atoms with van der Waals surface area (Å²) in [6, 6.07) is 14.2. The van der Waals surface area contributed by atoms with Crippen LogP contribution in [0.15, 0.2) is 54.7 Å². The van der Waals surface area contributed by atoms with E-state index in [9.17, 15) is 4.79 Å². The Hall–Kier alpha value is -3.03. The zero-order valence-electron chi connectivity index (χ0n) is 18.1. The third kappa shape index (κ3) is 5.81. The lowest BCUT2D eigenvalue weighted by atomic mass is 9.95. The van der Waals surface area contributed by atoms with Gasteiger partial charge in [-0.15, -0.1) is 0 Å². The summed E-state index contributed by atoms with van der Waals surface area (Å²) in [6.45, 7) is 2.84. The first-order valence-electron chi connectivity index (χ1n) is 10.9. The first kappa shape index (κ1) is 22.2. The number of nitrogens with one attached hydrogen (secondary N) is 3. The Morgan fingerprint density at radius 1 is 1.12 bits per heavy atom. The molecule has 2 heterocycles. The number of carbonyl (C=O) groups excluding carboxylic acids is 1. The molecule has 1 aromatic heterocycles. The zero-order valence-corrected chi connectivity index (χ0v) is 18.9. The summed E-state index contributed by atoms with van der Waals surface area (Å²) < 4.78 is 7.98. The van der Waals surface area contributed by atoms with Gasteiger partial charge in [0.15, 0.2) is 0 Å². The van der Waals surface area contributed by atoms with Crippen molar-refractivity contribution in [1.29, 1.82) is 0 Å². The van der Waals surface area contributed by atoms with Gasteiger partial charge in [-0.2, -0.15) is 5.10 Å². The molecule has 0 radical (unpaired) electrons. The first-order chi connectivity index (χ1) is 15.6. The van der Waals surface area contributed by atoms with Crippen molar-refractivity contribution in [3.63, 3.8) is 0 Å². The van der Waals surface area contributed by atoms with Gasteiger partial charge in [0, 0.05) is 35.2 Å². The number of hydrogen-bond donors (Lipinski definition) is 3. The molecule has 8 heteroatoms. The highest BCUT2D eigenvalue weighted by Gasteiger charge is 2.15. The number of carbonyl (C=O) groups is 1. The summed E-state index contributed by atoms with van der Waals surface area (Å²) in [4.78, 5) is 12.5. The van der Waals surface area contributed by atoms with Crippen LogP contribution in [0.3, 0.4) is 0 Å². The molecule has 0 unspecified atom stereocenters. The maximum Gasteiger partial charge on any atom is 0.323 e. The first-order valence-corrected chi connectivity index (χ1v) is 11.3. The van der Waals surface area contributed by atoms with Crippen LogP contribution in [0.4, 0.5) is 16.2 Å². The Bertz CT molecular complexity index is 1040. The second kappa shape index (κ2) is 10.5. The van der Waals surface area contributed by atoms with Crippen LogP contribution in [0, 0.1) is 5.92 Å². The molecule has 7 nitrogen and oxygen atoms in total. The van der Waals surface area contributed by atoms with Crippen molar-refractivity contribution < 1.29 is 9.53 Å². The normalized spacial score (nSPS) is 14.2. The van der Waals surface area contributed by atoms with Crippen molar-refractivity contribution in [1.82, 2.24) is 15.1 Å². The summed E-state index contributed by atoms with van der Waals surface area (Å²) in [7, 11) is 1.89. The van der Waals surface area contributed by atoms with Gasteiger partial charge >= 0.3 is 6.03 Å². The fourth-order valence-corrected chi connectivity index (χ4v) is 4.03. The largest absolute Gasteiger partial charge is 0.493 e. The lowest BCUT2D eigenvalue weighted by molar-refractivity contribution is 0.252. The quantitative estimate of drug-likeness (QED) is 0.462. The second-order valence-corrected chi connectivity index (χ2v) is 8.40. The Balaban J connectivity index is 1.46. The minimum absolute atomic E-state index is 0.331. The number of amides is 2. The summed E-state index contributed by atoms with van der Waals surface area (Å²) in [5.41, 5.74) is 3.14. The molecule has 32 heavy (non-hydrogen) atoms. The molecular weight excluding hydrogens is 426 g/mol. The van der Waals surface area contributed by atoms with Gasteiger partial charge in [0.1, 0.15) is 5.75 Å². The lowest BCUT2D eigenvalue weighted by Crippen LogP contribution is -2.28. The van der Waals surface area contributed by atoms with Crippen LogP contribution in [-0.2, 0) is 7.05 Å². The molecule has 2 amide bonds. The minimum atomic E-state index is -0.331. The van der Waals surface area contributed by atoms with Crippen molar-refractivity contribution in [2.24, 2.45) is 13.0 Å². The summed E-state index contributed by atoms with van der Waals surface area (Å²) >= 11 is 5.90. The molecule has 1 aliphatic rings. The fourth-order valence-electron chi connectivity index (χ4n) is 3.90. The summed E-state index contributed by atoms with van der Waals surface area (Å²) in [5, 5.41) is 14.0. The number of rotatable bonds is 7. The van der Waals surface area contributed by atoms with Crippen molar-refractivity contribution in [3.05, 3.63) is 59.8 Å². The van der Waals surface area contributed by atoms with Gasteiger partial charge in [-0.25, -0.2) is 4.79 Å². The highest BCUT2D eigenvalue weighted by molar-refractivity contribution is 6.30. The topological polar surface area (TPSA) is 80.2 Å². The van der Waals surface area contributed by atoms with E-state index in [1.165, 1.54) is 12.8 Å². The molecule has 1 saturated heterocycles. The Morgan fingerprint density at radius 3 is 2.56 bits per heavy atom. The lowest BCUT2D eigenvalue weighted by Gasteiger charge is -2.22. The van der Waals surface area contributed by atoms with E-state index in [2.05, 4.69) is 21.0 Å². The van der Waals surface area contributed by atoms with E-state index in [0.717, 1.165) is 36.5 Å². The van der Waals surface area contributed by atoms with E-state index in [1.807, 2.05) is 31.3 Å². The molecule has 168 valence electrons. The molecule has 1 fully saturated rings. The van der Waals surface area contributed by atoms with Gasteiger partial charge in [-0.1, -0.05) is 11.6 Å². The standard InChI is InChI=1S/C24H28ClN5O2/c1-30-22(10-14-27-30)21-16-20(29-24(31)28-19-4-2-18(25)3-5-19)6-7-23(21)32-15-11-17-8-12-26-13-9-17/h2-7,10,14,16-17,26H,8-9,11-13,15H2,1H3,(H2,28,29,31). The van der Waals surface area contributed by atoms with E-state index < -0.39 is 0 Å². The van der Waals surface area contributed by atoms with E-state index >= 15 is 0 Å². The molecule has 3 N–H and O–H groups in total. The number of ether oxygens (including phenoxy) is 1. The predicted octanol–water partition coefficient (Wildman–Crippen LogP) is 5.15. The molecule has 3 aromatic rings. The zero-order chi connectivity index (χ0) is 22.3. The van der Waals surface area contributed by atoms with E-state index in [0.29, 0.717) is 28.9 Å². The number of halogens is 1. The van der Waals surface area contributed by atoms with Crippen LogP contribution in [0.2, 0.25) is 5.02 Å². The van der Waals surface area contributed by atoms with E-state index in [1.54, 1.807) is 35.1 Å². The van der Waals surface area contributed by atoms with Gasteiger partial charge in [0.2, 0.25) is 0 Å². The van der Waals surface area contributed by atoms with Crippen LogP contribution in [0.1, 0.15) is 19.3 Å². The van der Waals surface area contributed by atoms with Gasteiger partial charge in [0.25, 0.3) is 0 Å².